The topological polar surface area (TPSA) is 40.9 Å². The summed E-state index contributed by atoms with van der Waals surface area (Å²) in [6.45, 7) is 6.30. The summed E-state index contributed by atoms with van der Waals surface area (Å²) in [5.74, 6) is -0.461. The largest absolute Gasteiger partial charge is 0.179 e. The molecule has 1 N–H and O–H groups in total. The van der Waals surface area contributed by atoms with Crippen LogP contribution in [0.1, 0.15) is 30.9 Å². The van der Waals surface area contributed by atoms with Crippen molar-refractivity contribution in [3.8, 4) is 11.1 Å². The molecule has 1 aliphatic carbocycles. The maximum absolute atomic E-state index is 9.71. The van der Waals surface area contributed by atoms with E-state index in [-0.39, 0.29) is 0 Å². The maximum Gasteiger partial charge on any atom is -0.0253 e. The smallest absolute Gasteiger partial charge is 0.0253 e. The average Bonchev–Trinajstić information content (AvgIpc) is 2.95. The van der Waals surface area contributed by atoms with E-state index in [9.17, 15) is 4.79 Å². The second kappa shape index (κ2) is 15.7. The molecule has 2 nitrogen and oxygen atoms in total. The number of nitrogens with one attached hydrogen (secondary N) is 1. The Labute approximate surface area is 171 Å². The van der Waals surface area contributed by atoms with Crippen molar-refractivity contribution in [1.29, 1.82) is 0 Å². The summed E-state index contributed by atoms with van der Waals surface area (Å²) in [4.78, 5) is 9.71. The van der Waals surface area contributed by atoms with Crippen molar-refractivity contribution in [2.24, 2.45) is 0 Å². The molecular weight excluding hydrogens is 405 g/mol. The van der Waals surface area contributed by atoms with Crippen LogP contribution >= 0.6 is 18.6 Å². The molecule has 6 heteroatoms. The van der Waals surface area contributed by atoms with Gasteiger partial charge in [-0.2, -0.15) is 29.8 Å². The third kappa shape index (κ3) is 10.2. The Hall–Kier alpha value is -0.579. The summed E-state index contributed by atoms with van der Waals surface area (Å²) in [7, 11) is 10.5. The molecule has 2 aromatic rings. The summed E-state index contributed by atoms with van der Waals surface area (Å²) >= 11 is -0.556. The van der Waals surface area contributed by atoms with Gasteiger partial charge in [0.05, 0.1) is 0 Å². The molecular formula is C19H24Cl2NOSiTi-2. The van der Waals surface area contributed by atoms with Gasteiger partial charge in [-0.1, -0.05) is 61.8 Å². The van der Waals surface area contributed by atoms with E-state index in [2.05, 4.69) is 55.6 Å². The van der Waals surface area contributed by atoms with Crippen molar-refractivity contribution < 1.29 is 21.8 Å². The third-order valence-electron chi connectivity index (χ3n) is 3.09. The van der Waals surface area contributed by atoms with E-state index in [1.165, 1.54) is 22.3 Å². The predicted octanol–water partition coefficient (Wildman–Crippen LogP) is 6.32. The first kappa shape index (κ1) is 24.4. The Balaban J connectivity index is 0.000000407. The summed E-state index contributed by atoms with van der Waals surface area (Å²) in [6.07, 6.45) is 2.24. The predicted molar refractivity (Wildman–Crippen MR) is 108 cm³/mol. The van der Waals surface area contributed by atoms with Crippen LogP contribution in [0.15, 0.2) is 42.5 Å². The number of carbonyl (C=O) groups excluding carboxylic acids is 1. The van der Waals surface area contributed by atoms with E-state index in [1.54, 1.807) is 0 Å². The molecule has 0 unspecified atom stereocenters. The van der Waals surface area contributed by atoms with Gasteiger partial charge >= 0.3 is 35.6 Å². The first-order valence-corrected chi connectivity index (χ1v) is 14.7. The van der Waals surface area contributed by atoms with E-state index in [1.807, 2.05) is 13.0 Å². The first-order valence-electron chi connectivity index (χ1n) is 8.08. The molecule has 1 amide bonds. The standard InChI is InChI=1S/C13H9.C4H9NO.C2H7Si.2ClH.Ti/c1-3-7-12-10(5-1)9-11-6-2-4-8-13(11)12;1-2-3-4(5)6;1-3-2;;;/h1-5,7-8H,9H2;2-3H2,1H3,(H2,5,6);3H,1-2H3;2*1H;/q-1;;;;;+2/p-3. The Morgan fingerprint density at radius 1 is 1.20 bits per heavy atom. The Morgan fingerprint density at radius 2 is 1.76 bits per heavy atom. The number of hydrogen-bond acceptors (Lipinski definition) is 1. The molecule has 1 aliphatic rings. The molecule has 1 radical (unpaired) electrons. The van der Waals surface area contributed by atoms with Crippen molar-refractivity contribution in [3.05, 3.63) is 65.4 Å². The van der Waals surface area contributed by atoms with Crippen molar-refractivity contribution in [2.45, 2.75) is 39.3 Å². The maximum atomic E-state index is 9.71. The number of amides is 1. The molecule has 0 bridgehead atoms. The van der Waals surface area contributed by atoms with Gasteiger partial charge in [0.2, 0.25) is 0 Å². The van der Waals surface area contributed by atoms with Crippen LogP contribution in [0.25, 0.3) is 16.9 Å². The summed E-state index contributed by atoms with van der Waals surface area (Å²) in [5, 5.41) is 0. The minimum atomic E-state index is -0.556. The number of hydrogen-bond donors (Lipinski definition) is 0. The average molecular weight is 429 g/mol. The minimum absolute atomic E-state index is 0.403. The van der Waals surface area contributed by atoms with E-state index in [4.69, 9.17) is 24.3 Å². The zero-order chi connectivity index (χ0) is 19.1. The molecule has 0 fully saturated rings. The summed E-state index contributed by atoms with van der Waals surface area (Å²) in [5.41, 5.74) is 11.8. The van der Waals surface area contributed by atoms with Gasteiger partial charge in [0.15, 0.2) is 0 Å². The minimum Gasteiger partial charge on any atom is -0.179 e. The fourth-order valence-corrected chi connectivity index (χ4v) is 2.22. The van der Waals surface area contributed by atoms with Gasteiger partial charge in [0.25, 0.3) is 0 Å². The molecule has 0 aliphatic heterocycles. The van der Waals surface area contributed by atoms with Crippen molar-refractivity contribution >= 4 is 34.0 Å². The molecule has 135 valence electrons. The Bertz CT molecular complexity index is 580. The summed E-state index contributed by atoms with van der Waals surface area (Å²) < 4.78 is 0. The van der Waals surface area contributed by atoms with Crippen LogP contribution in [0.2, 0.25) is 13.1 Å². The van der Waals surface area contributed by atoms with E-state index >= 15 is 0 Å². The fourth-order valence-electron chi connectivity index (χ4n) is 2.22. The van der Waals surface area contributed by atoms with Crippen LogP contribution in [-0.4, -0.2) is 15.4 Å². The normalized spacial score (nSPS) is 9.64. The van der Waals surface area contributed by atoms with E-state index in [0.717, 1.165) is 22.4 Å². The number of halogens is 2. The zero-order valence-corrected chi connectivity index (χ0v) is 19.1. The van der Waals surface area contributed by atoms with Crippen LogP contribution in [-0.2, 0) is 28.2 Å². The summed E-state index contributed by atoms with van der Waals surface area (Å²) in [6, 6.07) is 18.1. The van der Waals surface area contributed by atoms with Crippen LogP contribution in [0, 0.1) is 6.07 Å². The van der Waals surface area contributed by atoms with Crippen LogP contribution in [0.5, 0.6) is 0 Å². The van der Waals surface area contributed by atoms with Gasteiger partial charge in [0, 0.05) is 15.4 Å². The second-order valence-corrected chi connectivity index (χ2v) is 8.95. The number of rotatable bonds is 2. The zero-order valence-electron chi connectivity index (χ0n) is 14.9. The van der Waals surface area contributed by atoms with Gasteiger partial charge in [-0.3, -0.25) is 0 Å². The molecule has 25 heavy (non-hydrogen) atoms. The van der Waals surface area contributed by atoms with Crippen LogP contribution in [0.4, 0.5) is 0 Å². The molecule has 0 heterocycles. The number of benzene rings is 2. The molecule has 0 atom stereocenters. The van der Waals surface area contributed by atoms with Crippen molar-refractivity contribution in [1.82, 2.24) is 0 Å². The van der Waals surface area contributed by atoms with Crippen LogP contribution in [0.3, 0.4) is 0 Å². The molecule has 0 spiro atoms. The fraction of sp³-hybridized carbons (Fsp3) is 0.316. The van der Waals surface area contributed by atoms with Gasteiger partial charge in [-0.05, 0) is 12.8 Å². The number of fused-ring (bicyclic) bond motifs is 3. The van der Waals surface area contributed by atoms with E-state index < -0.39 is 22.9 Å². The molecule has 0 saturated heterocycles. The third-order valence-corrected chi connectivity index (χ3v) is 3.09. The van der Waals surface area contributed by atoms with Gasteiger partial charge in [-0.25, -0.2) is 0 Å². The van der Waals surface area contributed by atoms with Crippen LogP contribution < -0.4 is 0 Å². The Kier molecular flexibility index (Phi) is 15.3. The van der Waals surface area contributed by atoms with Gasteiger partial charge in [0.1, 0.15) is 0 Å². The number of carbonyl (C=O) groups is 1. The van der Waals surface area contributed by atoms with Gasteiger partial charge < -0.3 is 10.5 Å². The Morgan fingerprint density at radius 3 is 2.28 bits per heavy atom. The van der Waals surface area contributed by atoms with Gasteiger partial charge in [-0.15, -0.1) is 5.56 Å². The monoisotopic (exact) mass is 428 g/mol. The second-order valence-electron chi connectivity index (χ2n) is 5.22. The van der Waals surface area contributed by atoms with Crippen molar-refractivity contribution in [3.63, 3.8) is 0 Å². The quantitative estimate of drug-likeness (QED) is 0.347. The van der Waals surface area contributed by atoms with E-state index in [0.29, 0.717) is 6.42 Å². The molecule has 2 aromatic carbocycles. The first-order chi connectivity index (χ1) is 12.0. The SMILES string of the molecule is CCCC([NH-])=O.C[SiH]C.[Cl][Ti][Cl].[c-]1cccc2c1Cc1ccccc1-2. The molecule has 0 saturated carbocycles. The molecule has 0 aromatic heterocycles. The molecule has 3 rings (SSSR count). The van der Waals surface area contributed by atoms with Crippen molar-refractivity contribution in [2.75, 3.05) is 0 Å².